The van der Waals surface area contributed by atoms with Gasteiger partial charge in [-0.25, -0.2) is 0 Å². The van der Waals surface area contributed by atoms with Crippen LogP contribution in [0.4, 0.5) is 0 Å². The maximum Gasteiger partial charge on any atom is 0.261 e. The summed E-state index contributed by atoms with van der Waals surface area (Å²) in [4.78, 5) is 12.5. The van der Waals surface area contributed by atoms with Gasteiger partial charge >= 0.3 is 0 Å². The summed E-state index contributed by atoms with van der Waals surface area (Å²) >= 11 is 6.06. The molecule has 5 heteroatoms. The molecule has 2 unspecified atom stereocenters. The summed E-state index contributed by atoms with van der Waals surface area (Å²) < 4.78 is 5.65. The molecule has 0 heterocycles. The van der Waals surface area contributed by atoms with Gasteiger partial charge in [-0.2, -0.15) is 0 Å². The van der Waals surface area contributed by atoms with Crippen molar-refractivity contribution in [2.75, 3.05) is 6.61 Å². The first-order chi connectivity index (χ1) is 11.6. The fourth-order valence-corrected chi connectivity index (χ4v) is 2.56. The standard InChI is InChI=1S/C19H22ClNO3/c1-14(24-18-12-6-5-10-16(18)20)19(23)21-17(11-7-13-22)15-8-3-2-4-9-15/h2-6,8-10,12,14,17,22H,7,11,13H2,1H3,(H,21,23). The van der Waals surface area contributed by atoms with Gasteiger partial charge < -0.3 is 15.2 Å². The normalized spacial score (nSPS) is 13.1. The lowest BCUT2D eigenvalue weighted by Gasteiger charge is -2.22. The summed E-state index contributed by atoms with van der Waals surface area (Å²) in [6.07, 6.45) is 0.593. The lowest BCUT2D eigenvalue weighted by Crippen LogP contribution is -2.38. The van der Waals surface area contributed by atoms with Gasteiger partial charge in [-0.3, -0.25) is 4.79 Å². The fourth-order valence-electron chi connectivity index (χ4n) is 2.38. The van der Waals surface area contributed by atoms with E-state index < -0.39 is 6.10 Å². The number of rotatable bonds is 8. The summed E-state index contributed by atoms with van der Waals surface area (Å²) in [5.41, 5.74) is 1.00. The Labute approximate surface area is 147 Å². The van der Waals surface area contributed by atoms with E-state index in [1.807, 2.05) is 30.3 Å². The highest BCUT2D eigenvalue weighted by atomic mass is 35.5. The fraction of sp³-hybridized carbons (Fsp3) is 0.316. The van der Waals surface area contributed by atoms with Crippen LogP contribution in [0.5, 0.6) is 5.75 Å². The number of hydrogen-bond acceptors (Lipinski definition) is 3. The Morgan fingerprint density at radius 2 is 1.83 bits per heavy atom. The van der Waals surface area contributed by atoms with Crippen molar-refractivity contribution in [2.45, 2.75) is 31.9 Å². The van der Waals surface area contributed by atoms with Crippen LogP contribution in [0, 0.1) is 0 Å². The molecule has 0 saturated heterocycles. The number of aliphatic hydroxyl groups excluding tert-OH is 1. The van der Waals surface area contributed by atoms with Gasteiger partial charge in [-0.1, -0.05) is 54.1 Å². The van der Waals surface area contributed by atoms with E-state index in [0.29, 0.717) is 23.6 Å². The van der Waals surface area contributed by atoms with Crippen LogP contribution in [0.3, 0.4) is 0 Å². The molecule has 0 aromatic heterocycles. The Morgan fingerprint density at radius 1 is 1.17 bits per heavy atom. The van der Waals surface area contributed by atoms with Gasteiger partial charge in [0.2, 0.25) is 0 Å². The van der Waals surface area contributed by atoms with E-state index in [4.69, 9.17) is 21.4 Å². The Balaban J connectivity index is 2.02. The average molecular weight is 348 g/mol. The van der Waals surface area contributed by atoms with Crippen LogP contribution in [0.25, 0.3) is 0 Å². The molecule has 2 aromatic rings. The van der Waals surface area contributed by atoms with Crippen molar-refractivity contribution < 1.29 is 14.6 Å². The molecule has 0 bridgehead atoms. The minimum atomic E-state index is -0.676. The number of ether oxygens (including phenoxy) is 1. The van der Waals surface area contributed by atoms with Crippen molar-refractivity contribution in [1.29, 1.82) is 0 Å². The summed E-state index contributed by atoms with van der Waals surface area (Å²) in [6, 6.07) is 16.6. The zero-order valence-electron chi connectivity index (χ0n) is 13.6. The van der Waals surface area contributed by atoms with Crippen molar-refractivity contribution in [1.82, 2.24) is 5.32 Å². The number of aliphatic hydroxyl groups is 1. The number of para-hydroxylation sites is 1. The number of benzene rings is 2. The van der Waals surface area contributed by atoms with Crippen molar-refractivity contribution in [3.05, 3.63) is 65.2 Å². The number of hydrogen-bond donors (Lipinski definition) is 2. The van der Waals surface area contributed by atoms with Crippen LogP contribution in [0.1, 0.15) is 31.4 Å². The van der Waals surface area contributed by atoms with Gasteiger partial charge in [0.25, 0.3) is 5.91 Å². The van der Waals surface area contributed by atoms with Gasteiger partial charge in [-0.15, -0.1) is 0 Å². The highest BCUT2D eigenvalue weighted by Gasteiger charge is 2.20. The zero-order valence-corrected chi connectivity index (χ0v) is 14.4. The predicted molar refractivity (Wildman–Crippen MR) is 95.2 cm³/mol. The number of amides is 1. The van der Waals surface area contributed by atoms with Gasteiger partial charge in [0.05, 0.1) is 11.1 Å². The van der Waals surface area contributed by atoms with E-state index in [0.717, 1.165) is 5.56 Å². The van der Waals surface area contributed by atoms with Gasteiger partial charge in [0, 0.05) is 6.61 Å². The number of nitrogens with one attached hydrogen (secondary N) is 1. The number of carbonyl (C=O) groups excluding carboxylic acids is 1. The first-order valence-corrected chi connectivity index (χ1v) is 8.37. The molecule has 24 heavy (non-hydrogen) atoms. The van der Waals surface area contributed by atoms with Gasteiger partial charge in [0.1, 0.15) is 5.75 Å². The molecule has 0 aliphatic rings. The third-order valence-corrected chi connectivity index (χ3v) is 3.99. The molecule has 0 radical (unpaired) electrons. The molecule has 0 aliphatic carbocycles. The molecule has 2 atom stereocenters. The van der Waals surface area contributed by atoms with Gasteiger partial charge in [-0.05, 0) is 37.5 Å². The van der Waals surface area contributed by atoms with Crippen LogP contribution < -0.4 is 10.1 Å². The summed E-state index contributed by atoms with van der Waals surface area (Å²) in [5, 5.41) is 12.5. The monoisotopic (exact) mass is 347 g/mol. The SMILES string of the molecule is CC(Oc1ccccc1Cl)C(=O)NC(CCCO)c1ccccc1. The maximum atomic E-state index is 12.5. The first kappa shape index (κ1) is 18.3. The lowest BCUT2D eigenvalue weighted by molar-refractivity contribution is -0.128. The Bertz CT molecular complexity index is 648. The van der Waals surface area contributed by atoms with Crippen LogP contribution in [-0.4, -0.2) is 23.7 Å². The minimum absolute atomic E-state index is 0.0882. The molecule has 0 fully saturated rings. The van der Waals surface area contributed by atoms with Crippen molar-refractivity contribution >= 4 is 17.5 Å². The Hall–Kier alpha value is -2.04. The second-order valence-corrected chi connectivity index (χ2v) is 5.94. The molecule has 128 valence electrons. The van der Waals surface area contributed by atoms with Crippen LogP contribution in [0.2, 0.25) is 5.02 Å². The molecule has 1 amide bonds. The second kappa shape index (κ2) is 9.30. The summed E-state index contributed by atoms with van der Waals surface area (Å²) in [7, 11) is 0. The largest absolute Gasteiger partial charge is 0.479 e. The maximum absolute atomic E-state index is 12.5. The first-order valence-electron chi connectivity index (χ1n) is 7.99. The van der Waals surface area contributed by atoms with E-state index in [-0.39, 0.29) is 18.6 Å². The molecule has 4 nitrogen and oxygen atoms in total. The lowest BCUT2D eigenvalue weighted by atomic mass is 10.0. The van der Waals surface area contributed by atoms with E-state index in [1.54, 1.807) is 31.2 Å². The molecule has 2 rings (SSSR count). The molecule has 0 saturated carbocycles. The Kier molecular flexibility index (Phi) is 7.09. The van der Waals surface area contributed by atoms with Crippen molar-refractivity contribution in [2.24, 2.45) is 0 Å². The third-order valence-electron chi connectivity index (χ3n) is 3.68. The van der Waals surface area contributed by atoms with Crippen molar-refractivity contribution in [3.8, 4) is 5.75 Å². The molecule has 0 aliphatic heterocycles. The molecular weight excluding hydrogens is 326 g/mol. The van der Waals surface area contributed by atoms with Crippen LogP contribution in [-0.2, 0) is 4.79 Å². The van der Waals surface area contributed by atoms with E-state index in [2.05, 4.69) is 5.32 Å². The van der Waals surface area contributed by atoms with E-state index in [1.165, 1.54) is 0 Å². The minimum Gasteiger partial charge on any atom is -0.479 e. The third kappa shape index (κ3) is 5.25. The van der Waals surface area contributed by atoms with Crippen LogP contribution in [0.15, 0.2) is 54.6 Å². The van der Waals surface area contributed by atoms with E-state index in [9.17, 15) is 4.79 Å². The number of carbonyl (C=O) groups is 1. The Morgan fingerprint density at radius 3 is 2.50 bits per heavy atom. The topological polar surface area (TPSA) is 58.6 Å². The number of halogens is 1. The second-order valence-electron chi connectivity index (χ2n) is 5.53. The highest BCUT2D eigenvalue weighted by Crippen LogP contribution is 2.24. The van der Waals surface area contributed by atoms with Crippen molar-refractivity contribution in [3.63, 3.8) is 0 Å². The molecular formula is C19H22ClNO3. The summed E-state index contributed by atoms with van der Waals surface area (Å²) in [6.45, 7) is 1.78. The average Bonchev–Trinajstić information content (AvgIpc) is 2.61. The zero-order chi connectivity index (χ0) is 17.4. The van der Waals surface area contributed by atoms with E-state index >= 15 is 0 Å². The highest BCUT2D eigenvalue weighted by molar-refractivity contribution is 6.32. The van der Waals surface area contributed by atoms with Crippen LogP contribution >= 0.6 is 11.6 Å². The molecule has 0 spiro atoms. The predicted octanol–water partition coefficient (Wildman–Crippen LogP) is 3.74. The quantitative estimate of drug-likeness (QED) is 0.764. The van der Waals surface area contributed by atoms with Gasteiger partial charge in [0.15, 0.2) is 6.10 Å². The molecule has 2 aromatic carbocycles. The summed E-state index contributed by atoms with van der Waals surface area (Å²) in [5.74, 6) is 0.259. The molecule has 2 N–H and O–H groups in total. The smallest absolute Gasteiger partial charge is 0.261 e.